The summed E-state index contributed by atoms with van der Waals surface area (Å²) >= 11 is 0. The minimum Gasteiger partial charge on any atom is -0.465 e. The molecule has 3 atom stereocenters. The smallest absolute Gasteiger partial charge is 0.407 e. The zero-order valence-electron chi connectivity index (χ0n) is 13.8. The van der Waals surface area contributed by atoms with Crippen molar-refractivity contribution in [1.29, 1.82) is 0 Å². The molecule has 1 unspecified atom stereocenters. The van der Waals surface area contributed by atoms with Crippen molar-refractivity contribution in [3.8, 4) is 0 Å². The highest BCUT2D eigenvalue weighted by atomic mass is 16.5. The molecule has 134 valence electrons. The van der Waals surface area contributed by atoms with Crippen molar-refractivity contribution in [3.05, 3.63) is 34.7 Å². The zero-order chi connectivity index (χ0) is 18.0. The Morgan fingerprint density at radius 3 is 2.77 bits per heavy atom. The maximum atomic E-state index is 12.5. The van der Waals surface area contributed by atoms with Gasteiger partial charge in [-0.1, -0.05) is 5.16 Å². The molecule has 1 aliphatic heterocycles. The summed E-state index contributed by atoms with van der Waals surface area (Å²) in [5.41, 5.74) is 0.585. The van der Waals surface area contributed by atoms with Crippen molar-refractivity contribution in [1.82, 2.24) is 34.1 Å². The number of amides is 1. The highest BCUT2D eigenvalue weighted by Gasteiger charge is 2.59. The van der Waals surface area contributed by atoms with Gasteiger partial charge in [-0.05, 0) is 11.8 Å². The van der Waals surface area contributed by atoms with Gasteiger partial charge in [0.25, 0.3) is 5.56 Å². The first-order valence-electron chi connectivity index (χ1n) is 8.19. The van der Waals surface area contributed by atoms with Crippen molar-refractivity contribution < 1.29 is 14.4 Å². The van der Waals surface area contributed by atoms with Gasteiger partial charge in [0.2, 0.25) is 5.89 Å². The van der Waals surface area contributed by atoms with Gasteiger partial charge in [0.05, 0.1) is 6.33 Å². The van der Waals surface area contributed by atoms with Crippen LogP contribution in [-0.4, -0.2) is 58.4 Å². The molecule has 1 saturated carbocycles. The van der Waals surface area contributed by atoms with Gasteiger partial charge in [0.1, 0.15) is 12.9 Å². The van der Waals surface area contributed by atoms with Crippen LogP contribution in [0.4, 0.5) is 4.79 Å². The van der Waals surface area contributed by atoms with Crippen molar-refractivity contribution in [3.63, 3.8) is 0 Å². The lowest BCUT2D eigenvalue weighted by Crippen LogP contribution is -2.29. The molecule has 5 rings (SSSR count). The number of carbonyl (C=O) groups is 1. The average molecular weight is 357 g/mol. The van der Waals surface area contributed by atoms with Gasteiger partial charge in [-0.25, -0.2) is 14.8 Å². The van der Waals surface area contributed by atoms with Gasteiger partial charge in [-0.2, -0.15) is 4.98 Å². The molecule has 0 spiro atoms. The van der Waals surface area contributed by atoms with E-state index in [2.05, 4.69) is 20.1 Å². The molecule has 1 amide bonds. The monoisotopic (exact) mass is 357 g/mol. The quantitative estimate of drug-likeness (QED) is 0.686. The number of rotatable bonds is 3. The molecule has 2 aliphatic rings. The second kappa shape index (κ2) is 5.13. The normalized spacial score (nSPS) is 24.2. The Kier molecular flexibility index (Phi) is 2.97. The first-order valence-corrected chi connectivity index (χ1v) is 8.19. The molecule has 0 bridgehead atoms. The van der Waals surface area contributed by atoms with E-state index in [-0.39, 0.29) is 29.9 Å². The third kappa shape index (κ3) is 2.13. The Morgan fingerprint density at radius 1 is 1.31 bits per heavy atom. The molecule has 1 saturated heterocycles. The second-order valence-electron chi connectivity index (χ2n) is 6.79. The summed E-state index contributed by atoms with van der Waals surface area (Å²) in [6, 6.07) is 0. The van der Waals surface area contributed by atoms with Crippen LogP contribution in [0.5, 0.6) is 0 Å². The highest BCUT2D eigenvalue weighted by molar-refractivity contribution is 5.68. The van der Waals surface area contributed by atoms with Gasteiger partial charge in [0.15, 0.2) is 17.0 Å². The molecular formula is C15H15N7O4. The minimum atomic E-state index is -0.887. The number of hydrogen-bond acceptors (Lipinski definition) is 7. The summed E-state index contributed by atoms with van der Waals surface area (Å²) in [7, 11) is 1.74. The standard InChI is InChI=1S/C15H15N7O4/c1-20-5-16-13-11(20)14(23)22(6-17-13)4-9-18-12(19-26-9)10-7-2-21(15(24)25)3-8(7)10/h5-8,10H,2-4H2,1H3,(H,24,25)/t7-,8+,10?. The van der Waals surface area contributed by atoms with Crippen LogP contribution in [0.1, 0.15) is 17.6 Å². The van der Waals surface area contributed by atoms with Crippen LogP contribution in [0.25, 0.3) is 11.2 Å². The minimum absolute atomic E-state index is 0.128. The summed E-state index contributed by atoms with van der Waals surface area (Å²) in [5, 5.41) is 13.0. The molecule has 11 nitrogen and oxygen atoms in total. The number of carboxylic acid groups (broad SMARTS) is 1. The Hall–Kier alpha value is -3.24. The van der Waals surface area contributed by atoms with Gasteiger partial charge < -0.3 is 19.1 Å². The molecule has 1 N–H and O–H groups in total. The molecule has 1 aliphatic carbocycles. The van der Waals surface area contributed by atoms with E-state index in [1.54, 1.807) is 17.9 Å². The number of aromatic nitrogens is 6. The van der Waals surface area contributed by atoms with Gasteiger partial charge in [-0.3, -0.25) is 9.36 Å². The van der Waals surface area contributed by atoms with Crippen molar-refractivity contribution in [2.24, 2.45) is 18.9 Å². The van der Waals surface area contributed by atoms with Crippen molar-refractivity contribution in [2.45, 2.75) is 12.5 Å². The van der Waals surface area contributed by atoms with E-state index in [1.807, 2.05) is 0 Å². The molecule has 3 aromatic rings. The number of likely N-dealkylation sites (tertiary alicyclic amines) is 1. The second-order valence-corrected chi connectivity index (χ2v) is 6.79. The maximum Gasteiger partial charge on any atom is 0.407 e. The third-order valence-corrected chi connectivity index (χ3v) is 5.25. The molecule has 3 aromatic heterocycles. The topological polar surface area (TPSA) is 132 Å². The van der Waals surface area contributed by atoms with Crippen LogP contribution in [0.15, 0.2) is 22.0 Å². The Labute approximate surface area is 145 Å². The number of nitrogens with zero attached hydrogens (tertiary/aromatic N) is 7. The summed E-state index contributed by atoms with van der Waals surface area (Å²) in [6.45, 7) is 1.15. The van der Waals surface area contributed by atoms with Crippen LogP contribution in [0, 0.1) is 11.8 Å². The predicted octanol–water partition coefficient (Wildman–Crippen LogP) is -0.116. The largest absolute Gasteiger partial charge is 0.465 e. The molecule has 4 heterocycles. The maximum absolute atomic E-state index is 12.5. The van der Waals surface area contributed by atoms with Crippen molar-refractivity contribution in [2.75, 3.05) is 13.1 Å². The van der Waals surface area contributed by atoms with Gasteiger partial charge in [0, 0.05) is 26.1 Å². The third-order valence-electron chi connectivity index (χ3n) is 5.25. The first-order chi connectivity index (χ1) is 12.5. The van der Waals surface area contributed by atoms with Crippen molar-refractivity contribution >= 4 is 17.3 Å². The molecule has 2 fully saturated rings. The van der Waals surface area contributed by atoms with E-state index in [4.69, 9.17) is 9.63 Å². The highest BCUT2D eigenvalue weighted by Crippen LogP contribution is 2.57. The van der Waals surface area contributed by atoms with E-state index in [0.29, 0.717) is 36.0 Å². The Bertz CT molecular complexity index is 1070. The summed E-state index contributed by atoms with van der Waals surface area (Å²) in [5.74, 6) is 1.56. The van der Waals surface area contributed by atoms with Crippen LogP contribution < -0.4 is 5.56 Å². The van der Waals surface area contributed by atoms with Gasteiger partial charge in [-0.15, -0.1) is 0 Å². The lowest BCUT2D eigenvalue weighted by Gasteiger charge is -2.14. The average Bonchev–Trinajstić information content (AvgIpc) is 3.05. The van der Waals surface area contributed by atoms with Crippen LogP contribution in [-0.2, 0) is 13.6 Å². The first kappa shape index (κ1) is 15.0. The van der Waals surface area contributed by atoms with E-state index in [9.17, 15) is 9.59 Å². The zero-order valence-corrected chi connectivity index (χ0v) is 13.8. The fraction of sp³-hybridized carbons (Fsp3) is 0.467. The molecule has 0 radical (unpaired) electrons. The van der Waals surface area contributed by atoms with Gasteiger partial charge >= 0.3 is 6.09 Å². The van der Waals surface area contributed by atoms with Crippen LogP contribution in [0.2, 0.25) is 0 Å². The van der Waals surface area contributed by atoms with Crippen LogP contribution >= 0.6 is 0 Å². The lowest BCUT2D eigenvalue weighted by molar-refractivity contribution is 0.149. The SMILES string of the molecule is Cn1cnc2ncn(Cc3nc(C4[C@H]5CN(C(=O)O)C[C@@H]45)no3)c(=O)c21. The molecule has 0 aromatic carbocycles. The molecule has 11 heteroatoms. The fourth-order valence-corrected chi connectivity index (χ4v) is 3.86. The molecular weight excluding hydrogens is 342 g/mol. The summed E-state index contributed by atoms with van der Waals surface area (Å²) < 4.78 is 8.32. The van der Waals surface area contributed by atoms with E-state index >= 15 is 0 Å². The summed E-state index contributed by atoms with van der Waals surface area (Å²) in [4.78, 5) is 37.6. The lowest BCUT2D eigenvalue weighted by atomic mass is 10.2. The number of fused-ring (bicyclic) bond motifs is 2. The number of piperidine rings is 1. The summed E-state index contributed by atoms with van der Waals surface area (Å²) in [6.07, 6.45) is 2.07. The van der Waals surface area contributed by atoms with Crippen LogP contribution in [0.3, 0.4) is 0 Å². The number of aryl methyl sites for hydroxylation is 1. The number of hydrogen-bond donors (Lipinski definition) is 1. The van der Waals surface area contributed by atoms with E-state index < -0.39 is 6.09 Å². The van der Waals surface area contributed by atoms with E-state index in [1.165, 1.54) is 15.8 Å². The Balaban J connectivity index is 1.35. The predicted molar refractivity (Wildman–Crippen MR) is 85.5 cm³/mol. The van der Waals surface area contributed by atoms with E-state index in [0.717, 1.165) is 0 Å². The molecule has 26 heavy (non-hydrogen) atoms. The fourth-order valence-electron chi connectivity index (χ4n) is 3.86. The number of imidazole rings is 1. The Morgan fingerprint density at radius 2 is 2.04 bits per heavy atom.